The van der Waals surface area contributed by atoms with Crippen LogP contribution in [0, 0.1) is 5.92 Å². The Morgan fingerprint density at radius 2 is 2.14 bits per heavy atom. The van der Waals surface area contributed by atoms with Crippen LogP contribution in [0.1, 0.15) is 36.9 Å². The van der Waals surface area contributed by atoms with E-state index in [2.05, 4.69) is 22.2 Å². The van der Waals surface area contributed by atoms with E-state index >= 15 is 0 Å². The minimum absolute atomic E-state index is 0.173. The quantitative estimate of drug-likeness (QED) is 0.912. The third-order valence-corrected chi connectivity index (χ3v) is 5.84. The van der Waals surface area contributed by atoms with Gasteiger partial charge in [-0.1, -0.05) is 6.92 Å². The number of thiazole rings is 1. The molecule has 1 aromatic rings. The zero-order valence-corrected chi connectivity index (χ0v) is 14.1. The van der Waals surface area contributed by atoms with Crippen molar-refractivity contribution < 1.29 is 4.79 Å². The second-order valence-corrected chi connectivity index (χ2v) is 7.40. The Morgan fingerprint density at radius 1 is 1.36 bits per heavy atom. The maximum atomic E-state index is 12.5. The summed E-state index contributed by atoms with van der Waals surface area (Å²) in [5.41, 5.74) is 7.10. The van der Waals surface area contributed by atoms with Gasteiger partial charge in [-0.2, -0.15) is 0 Å². The smallest absolute Gasteiger partial charge is 0.225 e. The Kier molecular flexibility index (Phi) is 5.10. The van der Waals surface area contributed by atoms with Crippen molar-refractivity contribution in [1.29, 1.82) is 0 Å². The number of aryl methyl sites for hydroxylation is 1. The molecule has 0 aromatic carbocycles. The molecule has 2 atom stereocenters. The number of carbonyl (C=O) groups excluding carboxylic acids is 1. The van der Waals surface area contributed by atoms with E-state index in [1.54, 1.807) is 11.3 Å². The minimum Gasteiger partial charge on any atom is -0.340 e. The van der Waals surface area contributed by atoms with E-state index in [1.807, 2.05) is 4.90 Å². The maximum absolute atomic E-state index is 12.5. The molecule has 2 fully saturated rings. The van der Waals surface area contributed by atoms with Gasteiger partial charge in [-0.3, -0.25) is 9.69 Å². The van der Waals surface area contributed by atoms with Crippen molar-refractivity contribution in [3.05, 3.63) is 16.1 Å². The van der Waals surface area contributed by atoms with Crippen LogP contribution in [0.4, 0.5) is 0 Å². The number of amides is 1. The molecule has 2 heterocycles. The highest BCUT2D eigenvalue weighted by Gasteiger charge is 2.32. The second-order valence-electron chi connectivity index (χ2n) is 6.46. The third kappa shape index (κ3) is 3.67. The van der Waals surface area contributed by atoms with Gasteiger partial charge in [-0.25, -0.2) is 4.98 Å². The van der Waals surface area contributed by atoms with Gasteiger partial charge in [0.1, 0.15) is 0 Å². The van der Waals surface area contributed by atoms with Crippen molar-refractivity contribution in [2.24, 2.45) is 11.7 Å². The molecule has 1 aliphatic carbocycles. The van der Waals surface area contributed by atoms with Crippen molar-refractivity contribution in [2.45, 2.75) is 45.2 Å². The van der Waals surface area contributed by atoms with E-state index < -0.39 is 0 Å². The molecule has 2 N–H and O–H groups in total. The third-order valence-electron chi connectivity index (χ3n) is 4.79. The SMILES string of the molecule is CCc1nc(CN2CCN(C(=O)C3CCC(N)C3)CC2)cs1. The molecule has 0 bridgehead atoms. The number of hydrogen-bond acceptors (Lipinski definition) is 5. The summed E-state index contributed by atoms with van der Waals surface area (Å²) in [5, 5.41) is 3.37. The fraction of sp³-hybridized carbons (Fsp3) is 0.750. The molecule has 1 aliphatic heterocycles. The zero-order valence-electron chi connectivity index (χ0n) is 13.3. The summed E-state index contributed by atoms with van der Waals surface area (Å²) >= 11 is 1.75. The van der Waals surface area contributed by atoms with Crippen LogP contribution in [0.5, 0.6) is 0 Å². The number of nitrogens with two attached hydrogens (primary N) is 1. The van der Waals surface area contributed by atoms with Gasteiger partial charge >= 0.3 is 0 Å². The predicted molar refractivity (Wildman–Crippen MR) is 88.7 cm³/mol. The predicted octanol–water partition coefficient (Wildman–Crippen LogP) is 1.48. The topological polar surface area (TPSA) is 62.5 Å². The van der Waals surface area contributed by atoms with Crippen LogP contribution in [0.25, 0.3) is 0 Å². The summed E-state index contributed by atoms with van der Waals surface area (Å²) in [5.74, 6) is 0.502. The summed E-state index contributed by atoms with van der Waals surface area (Å²) < 4.78 is 0. The Labute approximate surface area is 136 Å². The molecule has 0 spiro atoms. The number of nitrogens with zero attached hydrogens (tertiary/aromatic N) is 3. The van der Waals surface area contributed by atoms with E-state index in [0.29, 0.717) is 5.91 Å². The molecule has 1 amide bonds. The second kappa shape index (κ2) is 7.06. The fourth-order valence-electron chi connectivity index (χ4n) is 3.44. The fourth-order valence-corrected chi connectivity index (χ4v) is 4.17. The molecule has 22 heavy (non-hydrogen) atoms. The van der Waals surface area contributed by atoms with Crippen molar-refractivity contribution in [1.82, 2.24) is 14.8 Å². The van der Waals surface area contributed by atoms with Crippen LogP contribution in [0.15, 0.2) is 5.38 Å². The Balaban J connectivity index is 1.46. The number of aromatic nitrogens is 1. The summed E-state index contributed by atoms with van der Waals surface area (Å²) in [6, 6.07) is 0.229. The Bertz CT molecular complexity index is 510. The van der Waals surface area contributed by atoms with Crippen LogP contribution in [-0.4, -0.2) is 52.9 Å². The highest BCUT2D eigenvalue weighted by molar-refractivity contribution is 7.09. The maximum Gasteiger partial charge on any atom is 0.225 e. The van der Waals surface area contributed by atoms with Crippen LogP contribution in [0.3, 0.4) is 0 Å². The van der Waals surface area contributed by atoms with Crippen molar-refractivity contribution in [3.63, 3.8) is 0 Å². The van der Waals surface area contributed by atoms with Crippen molar-refractivity contribution in [3.8, 4) is 0 Å². The molecule has 1 saturated carbocycles. The van der Waals surface area contributed by atoms with Gasteiger partial charge in [0, 0.05) is 50.1 Å². The summed E-state index contributed by atoms with van der Waals surface area (Å²) in [6.45, 7) is 6.63. The lowest BCUT2D eigenvalue weighted by Gasteiger charge is -2.35. The summed E-state index contributed by atoms with van der Waals surface area (Å²) in [4.78, 5) is 21.6. The Hall–Kier alpha value is -0.980. The van der Waals surface area contributed by atoms with E-state index in [1.165, 1.54) is 10.7 Å². The highest BCUT2D eigenvalue weighted by atomic mass is 32.1. The summed E-state index contributed by atoms with van der Waals surface area (Å²) in [7, 11) is 0. The van der Waals surface area contributed by atoms with Crippen LogP contribution >= 0.6 is 11.3 Å². The normalized spacial score (nSPS) is 26.5. The molecule has 3 rings (SSSR count). The molecule has 122 valence electrons. The van der Waals surface area contributed by atoms with Gasteiger partial charge < -0.3 is 10.6 Å². The van der Waals surface area contributed by atoms with Crippen molar-refractivity contribution in [2.75, 3.05) is 26.2 Å². The average Bonchev–Trinajstić information content (AvgIpc) is 3.16. The largest absolute Gasteiger partial charge is 0.340 e. The Morgan fingerprint density at radius 3 is 2.73 bits per heavy atom. The lowest BCUT2D eigenvalue weighted by molar-refractivity contribution is -0.137. The number of piperazine rings is 1. The molecule has 0 radical (unpaired) electrons. The van der Waals surface area contributed by atoms with Crippen molar-refractivity contribution >= 4 is 17.2 Å². The summed E-state index contributed by atoms with van der Waals surface area (Å²) in [6.07, 6.45) is 3.85. The standard InChI is InChI=1S/C16H26N4OS/c1-2-15-18-14(11-22-15)10-19-5-7-20(8-6-19)16(21)12-3-4-13(17)9-12/h11-13H,2-10,17H2,1H3. The lowest BCUT2D eigenvalue weighted by Crippen LogP contribution is -2.49. The molecular formula is C16H26N4OS. The molecule has 2 unspecified atom stereocenters. The highest BCUT2D eigenvalue weighted by Crippen LogP contribution is 2.26. The van der Waals surface area contributed by atoms with Crippen LogP contribution in [-0.2, 0) is 17.8 Å². The first kappa shape index (κ1) is 15.9. The van der Waals surface area contributed by atoms with Gasteiger partial charge in [0.2, 0.25) is 5.91 Å². The number of hydrogen-bond donors (Lipinski definition) is 1. The monoisotopic (exact) mass is 322 g/mol. The first-order valence-electron chi connectivity index (χ1n) is 8.35. The molecule has 6 heteroatoms. The van der Waals surface area contributed by atoms with E-state index in [4.69, 9.17) is 5.73 Å². The molecule has 1 saturated heterocycles. The van der Waals surface area contributed by atoms with Gasteiger partial charge in [-0.05, 0) is 25.7 Å². The van der Waals surface area contributed by atoms with Gasteiger partial charge in [0.25, 0.3) is 0 Å². The number of carbonyl (C=O) groups is 1. The van der Waals surface area contributed by atoms with Gasteiger partial charge in [-0.15, -0.1) is 11.3 Å². The van der Waals surface area contributed by atoms with Crippen LogP contribution in [0.2, 0.25) is 0 Å². The number of rotatable bonds is 4. The van der Waals surface area contributed by atoms with Crippen LogP contribution < -0.4 is 5.73 Å². The lowest BCUT2D eigenvalue weighted by atomic mass is 10.1. The zero-order chi connectivity index (χ0) is 15.5. The molecular weight excluding hydrogens is 296 g/mol. The van der Waals surface area contributed by atoms with Gasteiger partial charge in [0.05, 0.1) is 10.7 Å². The molecule has 5 nitrogen and oxygen atoms in total. The van der Waals surface area contributed by atoms with E-state index in [-0.39, 0.29) is 12.0 Å². The molecule has 2 aliphatic rings. The van der Waals surface area contributed by atoms with E-state index in [0.717, 1.165) is 58.4 Å². The van der Waals surface area contributed by atoms with E-state index in [9.17, 15) is 4.79 Å². The first-order valence-corrected chi connectivity index (χ1v) is 9.23. The average molecular weight is 322 g/mol. The first-order chi connectivity index (χ1) is 10.7. The van der Waals surface area contributed by atoms with Gasteiger partial charge in [0.15, 0.2) is 0 Å². The molecule has 1 aromatic heterocycles. The minimum atomic E-state index is 0.173.